The predicted octanol–water partition coefficient (Wildman–Crippen LogP) is 0.402. The summed E-state index contributed by atoms with van der Waals surface area (Å²) in [6.07, 6.45) is 4.24. The molecule has 0 aliphatic rings. The van der Waals surface area contributed by atoms with Crippen molar-refractivity contribution in [2.45, 2.75) is 0 Å². The number of hydrogen-bond donors (Lipinski definition) is 1. The fourth-order valence-electron chi connectivity index (χ4n) is 0.709. The molecule has 5 heteroatoms. The minimum atomic E-state index is -0.592. The first kappa shape index (κ1) is 9.18. The molecule has 13 heavy (non-hydrogen) atoms. The highest BCUT2D eigenvalue weighted by Crippen LogP contribution is 2.04. The van der Waals surface area contributed by atoms with Crippen LogP contribution in [0.2, 0.25) is 0 Å². The normalized spacial score (nSPS) is 9.23. The van der Waals surface area contributed by atoms with Gasteiger partial charge in [0.25, 0.3) is 0 Å². The summed E-state index contributed by atoms with van der Waals surface area (Å²) < 4.78 is 4.72. The smallest absolute Gasteiger partial charge is 0.361 e. The molecular weight excluding hydrogens is 170 g/mol. The molecule has 0 unspecified atom stereocenters. The van der Waals surface area contributed by atoms with Crippen molar-refractivity contribution in [2.75, 3.05) is 12.3 Å². The van der Waals surface area contributed by atoms with E-state index in [2.05, 4.69) is 16.5 Å². The molecule has 0 aromatic carbocycles. The van der Waals surface area contributed by atoms with E-state index in [-0.39, 0.29) is 18.1 Å². The molecular formula is C8H9N3O2. The Bertz CT molecular complexity index is 325. The summed E-state index contributed by atoms with van der Waals surface area (Å²) in [6.45, 7) is 3.54. The number of nitrogen functional groups attached to an aromatic ring is 1. The van der Waals surface area contributed by atoms with Crippen molar-refractivity contribution in [1.82, 2.24) is 9.97 Å². The van der Waals surface area contributed by atoms with Crippen molar-refractivity contribution in [3.8, 4) is 0 Å². The number of nitrogens with zero attached hydrogens (tertiary/aromatic N) is 2. The zero-order valence-electron chi connectivity index (χ0n) is 6.93. The van der Waals surface area contributed by atoms with Crippen LogP contribution in [-0.4, -0.2) is 22.5 Å². The molecule has 1 aromatic heterocycles. The van der Waals surface area contributed by atoms with E-state index in [4.69, 9.17) is 10.5 Å². The molecule has 2 N–H and O–H groups in total. The van der Waals surface area contributed by atoms with Gasteiger partial charge in [-0.05, 0) is 0 Å². The van der Waals surface area contributed by atoms with E-state index in [0.29, 0.717) is 0 Å². The van der Waals surface area contributed by atoms with Gasteiger partial charge in [0.15, 0.2) is 11.5 Å². The number of carbonyl (C=O) groups excluding carboxylic acids is 1. The molecule has 0 saturated heterocycles. The lowest BCUT2D eigenvalue weighted by Gasteiger charge is -2.01. The number of nitrogens with two attached hydrogens (primary N) is 1. The average Bonchev–Trinajstić information content (AvgIpc) is 2.15. The van der Waals surface area contributed by atoms with E-state index in [1.165, 1.54) is 18.5 Å². The van der Waals surface area contributed by atoms with Gasteiger partial charge in [0, 0.05) is 12.4 Å². The SMILES string of the molecule is C=CCOC(=O)c1nccnc1N. The molecule has 0 fully saturated rings. The summed E-state index contributed by atoms with van der Waals surface area (Å²) in [6, 6.07) is 0. The fourth-order valence-corrected chi connectivity index (χ4v) is 0.709. The minimum absolute atomic E-state index is 0.0318. The Balaban J connectivity index is 2.76. The molecule has 0 aliphatic heterocycles. The summed E-state index contributed by atoms with van der Waals surface area (Å²) in [4.78, 5) is 18.6. The first-order valence-corrected chi connectivity index (χ1v) is 3.60. The zero-order valence-corrected chi connectivity index (χ0v) is 6.93. The van der Waals surface area contributed by atoms with Crippen LogP contribution >= 0.6 is 0 Å². The molecule has 0 spiro atoms. The second-order valence-electron chi connectivity index (χ2n) is 2.18. The van der Waals surface area contributed by atoms with Crippen LogP contribution < -0.4 is 5.73 Å². The van der Waals surface area contributed by atoms with E-state index in [1.54, 1.807) is 0 Å². The molecule has 0 radical (unpaired) electrons. The van der Waals surface area contributed by atoms with Gasteiger partial charge >= 0.3 is 5.97 Å². The Morgan fingerprint density at radius 1 is 1.62 bits per heavy atom. The van der Waals surface area contributed by atoms with Crippen molar-refractivity contribution in [3.05, 3.63) is 30.7 Å². The van der Waals surface area contributed by atoms with E-state index in [1.807, 2.05) is 0 Å². The Morgan fingerprint density at radius 3 is 2.92 bits per heavy atom. The summed E-state index contributed by atoms with van der Waals surface area (Å²) >= 11 is 0. The van der Waals surface area contributed by atoms with Gasteiger partial charge in [0.2, 0.25) is 0 Å². The number of rotatable bonds is 3. The van der Waals surface area contributed by atoms with Crippen LogP contribution in [0.1, 0.15) is 10.5 Å². The largest absolute Gasteiger partial charge is 0.457 e. The van der Waals surface area contributed by atoms with Gasteiger partial charge in [-0.25, -0.2) is 14.8 Å². The van der Waals surface area contributed by atoms with Gasteiger partial charge < -0.3 is 10.5 Å². The van der Waals surface area contributed by atoms with Crippen molar-refractivity contribution in [2.24, 2.45) is 0 Å². The third kappa shape index (κ3) is 2.26. The fraction of sp³-hybridized carbons (Fsp3) is 0.125. The van der Waals surface area contributed by atoms with Crippen molar-refractivity contribution in [1.29, 1.82) is 0 Å². The van der Waals surface area contributed by atoms with Crippen LogP contribution in [-0.2, 0) is 4.74 Å². The molecule has 1 rings (SSSR count). The minimum Gasteiger partial charge on any atom is -0.457 e. The maximum absolute atomic E-state index is 11.2. The Hall–Kier alpha value is -1.91. The lowest BCUT2D eigenvalue weighted by molar-refractivity contribution is 0.0544. The number of hydrogen-bond acceptors (Lipinski definition) is 5. The van der Waals surface area contributed by atoms with E-state index in [0.717, 1.165) is 0 Å². The zero-order chi connectivity index (χ0) is 9.68. The quantitative estimate of drug-likeness (QED) is 0.536. The van der Waals surface area contributed by atoms with Crippen LogP contribution in [0.25, 0.3) is 0 Å². The van der Waals surface area contributed by atoms with Crippen LogP contribution in [0, 0.1) is 0 Å². The Kier molecular flexibility index (Phi) is 2.97. The van der Waals surface area contributed by atoms with Crippen molar-refractivity contribution < 1.29 is 9.53 Å². The van der Waals surface area contributed by atoms with Gasteiger partial charge in [0.05, 0.1) is 0 Å². The number of aromatic nitrogens is 2. The first-order valence-electron chi connectivity index (χ1n) is 3.60. The number of esters is 1. The number of anilines is 1. The first-order chi connectivity index (χ1) is 6.25. The van der Waals surface area contributed by atoms with Gasteiger partial charge in [-0.3, -0.25) is 0 Å². The van der Waals surface area contributed by atoms with E-state index >= 15 is 0 Å². The Morgan fingerprint density at radius 2 is 2.31 bits per heavy atom. The van der Waals surface area contributed by atoms with Gasteiger partial charge in [-0.1, -0.05) is 12.7 Å². The maximum Gasteiger partial charge on any atom is 0.361 e. The molecule has 0 aliphatic carbocycles. The van der Waals surface area contributed by atoms with Crippen LogP contribution in [0.3, 0.4) is 0 Å². The third-order valence-corrected chi connectivity index (χ3v) is 1.25. The Labute approximate surface area is 75.3 Å². The second kappa shape index (κ2) is 4.20. The van der Waals surface area contributed by atoms with Crippen LogP contribution in [0.4, 0.5) is 5.82 Å². The lowest BCUT2D eigenvalue weighted by atomic mass is 10.4. The molecule has 1 heterocycles. The molecule has 1 aromatic rings. The molecule has 68 valence electrons. The molecule has 0 atom stereocenters. The monoisotopic (exact) mass is 179 g/mol. The van der Waals surface area contributed by atoms with Gasteiger partial charge in [0.1, 0.15) is 6.61 Å². The highest BCUT2D eigenvalue weighted by molar-refractivity contribution is 5.91. The topological polar surface area (TPSA) is 78.1 Å². The van der Waals surface area contributed by atoms with E-state index in [9.17, 15) is 4.79 Å². The highest BCUT2D eigenvalue weighted by atomic mass is 16.5. The second-order valence-corrected chi connectivity index (χ2v) is 2.18. The van der Waals surface area contributed by atoms with Gasteiger partial charge in [-0.2, -0.15) is 0 Å². The molecule has 0 bridgehead atoms. The van der Waals surface area contributed by atoms with Gasteiger partial charge in [-0.15, -0.1) is 0 Å². The average molecular weight is 179 g/mol. The van der Waals surface area contributed by atoms with Crippen LogP contribution in [0.15, 0.2) is 25.0 Å². The third-order valence-electron chi connectivity index (χ3n) is 1.25. The molecule has 0 saturated carbocycles. The number of carbonyl (C=O) groups is 1. The number of ether oxygens (including phenoxy) is 1. The molecule has 5 nitrogen and oxygen atoms in total. The van der Waals surface area contributed by atoms with Crippen molar-refractivity contribution in [3.63, 3.8) is 0 Å². The van der Waals surface area contributed by atoms with Crippen molar-refractivity contribution >= 4 is 11.8 Å². The summed E-state index contributed by atoms with van der Waals surface area (Å²) in [5.41, 5.74) is 5.42. The summed E-state index contributed by atoms with van der Waals surface area (Å²) in [7, 11) is 0. The van der Waals surface area contributed by atoms with E-state index < -0.39 is 5.97 Å². The highest BCUT2D eigenvalue weighted by Gasteiger charge is 2.12. The summed E-state index contributed by atoms with van der Waals surface area (Å²) in [5, 5.41) is 0. The lowest BCUT2D eigenvalue weighted by Crippen LogP contribution is -2.11. The standard InChI is InChI=1S/C8H9N3O2/c1-2-5-13-8(12)6-7(9)11-4-3-10-6/h2-4H,1,5H2,(H2,9,11). The predicted molar refractivity (Wildman–Crippen MR) is 46.9 cm³/mol. The molecule has 0 amide bonds. The summed E-state index contributed by atoms with van der Waals surface area (Å²) in [5.74, 6) is -0.526. The maximum atomic E-state index is 11.2. The van der Waals surface area contributed by atoms with Crippen LogP contribution in [0.5, 0.6) is 0 Å².